The summed E-state index contributed by atoms with van der Waals surface area (Å²) >= 11 is 0. The minimum absolute atomic E-state index is 0.212. The van der Waals surface area contributed by atoms with Crippen molar-refractivity contribution in [2.24, 2.45) is 0 Å². The van der Waals surface area contributed by atoms with Crippen molar-refractivity contribution in [3.63, 3.8) is 0 Å². The topological polar surface area (TPSA) is 131 Å². The van der Waals surface area contributed by atoms with Gasteiger partial charge in [0.25, 0.3) is 5.91 Å². The molecule has 4 rings (SSSR count). The van der Waals surface area contributed by atoms with Crippen molar-refractivity contribution in [1.82, 2.24) is 20.4 Å². The molecule has 14 heteroatoms. The first-order chi connectivity index (χ1) is 18.3. The molecule has 6 amide bonds. The minimum Gasteiger partial charge on any atom is -0.388 e. The fraction of sp³-hybridized carbons (Fsp3) is 0.360. The van der Waals surface area contributed by atoms with Crippen LogP contribution in [0.5, 0.6) is 0 Å². The third-order valence-electron chi connectivity index (χ3n) is 6.85. The van der Waals surface area contributed by atoms with Gasteiger partial charge in [-0.1, -0.05) is 18.2 Å². The number of benzene rings is 2. The maximum Gasteiger partial charge on any atom is 0.408 e. The van der Waals surface area contributed by atoms with Crippen molar-refractivity contribution in [3.05, 3.63) is 65.0 Å². The van der Waals surface area contributed by atoms with Crippen LogP contribution < -0.4 is 16.0 Å². The zero-order valence-corrected chi connectivity index (χ0v) is 20.8. The van der Waals surface area contributed by atoms with E-state index in [9.17, 15) is 41.8 Å². The molecule has 1 aliphatic carbocycles. The highest BCUT2D eigenvalue weighted by molar-refractivity contribution is 6.10. The van der Waals surface area contributed by atoms with Crippen molar-refractivity contribution in [2.45, 2.75) is 43.8 Å². The lowest BCUT2D eigenvalue weighted by atomic mass is 9.91. The highest BCUT2D eigenvalue weighted by Gasteiger charge is 2.58. The smallest absolute Gasteiger partial charge is 0.388 e. The second-order valence-corrected chi connectivity index (χ2v) is 9.32. The van der Waals surface area contributed by atoms with E-state index >= 15 is 0 Å². The Bertz CT molecular complexity index is 1320. The number of halogens is 4. The number of hydrogen-bond donors (Lipinski definition) is 4. The van der Waals surface area contributed by atoms with Gasteiger partial charge in [0.15, 0.2) is 0 Å². The number of alkyl halides is 3. The molecule has 208 valence electrons. The predicted molar refractivity (Wildman–Crippen MR) is 128 cm³/mol. The summed E-state index contributed by atoms with van der Waals surface area (Å²) in [6.07, 6.45) is -6.31. The number of aliphatic hydroxyl groups is 1. The van der Waals surface area contributed by atoms with Crippen LogP contribution in [0.25, 0.3) is 0 Å². The molecular formula is C25H25F4N5O5. The average Bonchev–Trinajstić information content (AvgIpc) is 3.29. The van der Waals surface area contributed by atoms with Crippen LogP contribution in [0, 0.1) is 5.82 Å². The Morgan fingerprint density at radius 2 is 1.87 bits per heavy atom. The van der Waals surface area contributed by atoms with Gasteiger partial charge < -0.3 is 26.0 Å². The van der Waals surface area contributed by atoms with E-state index in [1.165, 1.54) is 37.4 Å². The standard InChI is InChI=1S/C25H25F4N5O5/c1-13(25(27,28)29)33(11-14-3-5-15(26)6-4-14)20(36)12-34-21(37)24(32-23(34)39)10-19(35)17-9-16(7-8-18(17)24)31-22(38)30-2/h3-9,13,19,35H,10-12H2,1-2H3,(H,32,39)(H2,30,31,38)/t13-,19-,24-/m0/s1. The van der Waals surface area contributed by atoms with Gasteiger partial charge in [-0.2, -0.15) is 13.2 Å². The number of carbonyl (C=O) groups excluding carboxylic acids is 4. The van der Waals surface area contributed by atoms with E-state index in [0.717, 1.165) is 19.1 Å². The van der Waals surface area contributed by atoms with Crippen molar-refractivity contribution >= 4 is 29.6 Å². The van der Waals surface area contributed by atoms with Gasteiger partial charge >= 0.3 is 18.2 Å². The summed E-state index contributed by atoms with van der Waals surface area (Å²) in [5, 5.41) is 18.0. The predicted octanol–water partition coefficient (Wildman–Crippen LogP) is 2.74. The molecule has 39 heavy (non-hydrogen) atoms. The van der Waals surface area contributed by atoms with Gasteiger partial charge in [0, 0.05) is 25.7 Å². The molecule has 4 N–H and O–H groups in total. The first kappa shape index (κ1) is 27.8. The Morgan fingerprint density at radius 3 is 2.49 bits per heavy atom. The fourth-order valence-electron chi connectivity index (χ4n) is 4.73. The SMILES string of the molecule is CNC(=O)Nc1ccc2c(c1)[C@@H](O)C[C@]21NC(=O)N(CC(=O)N(Cc2ccc(F)cc2)[C@@H](C)C(F)(F)F)C1=O. The molecule has 1 fully saturated rings. The van der Waals surface area contributed by atoms with Gasteiger partial charge in [-0.3, -0.25) is 14.5 Å². The second-order valence-electron chi connectivity index (χ2n) is 9.32. The van der Waals surface area contributed by atoms with E-state index in [2.05, 4.69) is 16.0 Å². The molecule has 0 radical (unpaired) electrons. The minimum atomic E-state index is -4.82. The van der Waals surface area contributed by atoms with Gasteiger partial charge in [0.05, 0.1) is 6.10 Å². The second kappa shape index (κ2) is 10.2. The van der Waals surface area contributed by atoms with Crippen LogP contribution in [0.1, 0.15) is 36.1 Å². The van der Waals surface area contributed by atoms with Crippen LogP contribution in [0.4, 0.5) is 32.8 Å². The quantitative estimate of drug-likeness (QED) is 0.324. The normalized spacial score (nSPS) is 21.0. The summed E-state index contributed by atoms with van der Waals surface area (Å²) in [7, 11) is 1.41. The molecule has 10 nitrogen and oxygen atoms in total. The highest BCUT2D eigenvalue weighted by Crippen LogP contribution is 2.47. The molecule has 0 bridgehead atoms. The largest absolute Gasteiger partial charge is 0.408 e. The van der Waals surface area contributed by atoms with E-state index < -0.39 is 66.6 Å². The van der Waals surface area contributed by atoms with Gasteiger partial charge in [-0.05, 0) is 47.9 Å². The number of rotatable bonds is 6. The number of nitrogens with one attached hydrogen (secondary N) is 3. The summed E-state index contributed by atoms with van der Waals surface area (Å²) in [5.41, 5.74) is -0.726. The first-order valence-corrected chi connectivity index (χ1v) is 11.8. The van der Waals surface area contributed by atoms with Crippen LogP contribution in [0.3, 0.4) is 0 Å². The molecule has 2 aromatic carbocycles. The van der Waals surface area contributed by atoms with Crippen LogP contribution in [-0.2, 0) is 21.7 Å². The maximum absolute atomic E-state index is 13.6. The molecule has 0 aromatic heterocycles. The van der Waals surface area contributed by atoms with Crippen LogP contribution in [0.2, 0.25) is 0 Å². The first-order valence-electron chi connectivity index (χ1n) is 11.8. The monoisotopic (exact) mass is 551 g/mol. The molecule has 1 saturated heterocycles. The third-order valence-corrected chi connectivity index (χ3v) is 6.85. The Labute approximate surface area is 219 Å². The van der Waals surface area contributed by atoms with Gasteiger partial charge in [0.2, 0.25) is 5.91 Å². The highest BCUT2D eigenvalue weighted by atomic mass is 19.4. The number of amides is 6. The zero-order chi connectivity index (χ0) is 28.7. The molecule has 0 unspecified atom stereocenters. The van der Waals surface area contributed by atoms with E-state index in [4.69, 9.17) is 0 Å². The molecule has 3 atom stereocenters. The summed E-state index contributed by atoms with van der Waals surface area (Å²) in [6.45, 7) is -0.768. The molecule has 1 spiro atoms. The fourth-order valence-corrected chi connectivity index (χ4v) is 4.73. The average molecular weight is 551 g/mol. The lowest BCUT2D eigenvalue weighted by Gasteiger charge is -2.32. The Hall–Kier alpha value is -4.20. The summed E-state index contributed by atoms with van der Waals surface area (Å²) < 4.78 is 54.1. The van der Waals surface area contributed by atoms with E-state index in [-0.39, 0.29) is 23.1 Å². The van der Waals surface area contributed by atoms with Crippen molar-refractivity contribution in [1.29, 1.82) is 0 Å². The van der Waals surface area contributed by atoms with Gasteiger partial charge in [-0.25, -0.2) is 14.0 Å². The summed E-state index contributed by atoms with van der Waals surface area (Å²) in [4.78, 5) is 52.1. The lowest BCUT2D eigenvalue weighted by molar-refractivity contribution is -0.187. The number of carbonyl (C=O) groups is 4. The number of nitrogens with zero attached hydrogens (tertiary/aromatic N) is 2. The molecule has 1 heterocycles. The molecule has 2 aromatic rings. The zero-order valence-electron chi connectivity index (χ0n) is 20.8. The van der Waals surface area contributed by atoms with Gasteiger partial charge in [-0.15, -0.1) is 0 Å². The van der Waals surface area contributed by atoms with Crippen molar-refractivity contribution < 1.29 is 41.8 Å². The van der Waals surface area contributed by atoms with Crippen molar-refractivity contribution in [3.8, 4) is 0 Å². The van der Waals surface area contributed by atoms with E-state index in [1.54, 1.807) is 0 Å². The Balaban J connectivity index is 1.59. The van der Waals surface area contributed by atoms with Crippen LogP contribution >= 0.6 is 0 Å². The van der Waals surface area contributed by atoms with Crippen LogP contribution in [0.15, 0.2) is 42.5 Å². The van der Waals surface area contributed by atoms with E-state index in [0.29, 0.717) is 15.5 Å². The lowest BCUT2D eigenvalue weighted by Crippen LogP contribution is -2.51. The van der Waals surface area contributed by atoms with Crippen molar-refractivity contribution in [2.75, 3.05) is 18.9 Å². The number of urea groups is 2. The number of aliphatic hydroxyl groups excluding tert-OH is 1. The molecule has 1 aliphatic heterocycles. The number of imide groups is 1. The van der Waals surface area contributed by atoms with Crippen LogP contribution in [-0.4, -0.2) is 64.6 Å². The molecular weight excluding hydrogens is 526 g/mol. The maximum atomic E-state index is 13.6. The molecule has 2 aliphatic rings. The number of fused-ring (bicyclic) bond motifs is 2. The summed E-state index contributed by atoms with van der Waals surface area (Å²) in [5.74, 6) is -2.68. The Morgan fingerprint density at radius 1 is 1.21 bits per heavy atom. The Kier molecular flexibility index (Phi) is 7.25. The third kappa shape index (κ3) is 5.24. The number of anilines is 1. The van der Waals surface area contributed by atoms with E-state index in [1.807, 2.05) is 0 Å². The molecule has 0 saturated carbocycles. The number of hydrogen-bond acceptors (Lipinski definition) is 5. The summed E-state index contributed by atoms with van der Waals surface area (Å²) in [6, 6.07) is 5.05. The van der Waals surface area contributed by atoms with Gasteiger partial charge in [0.1, 0.15) is 23.9 Å².